The second-order valence-corrected chi connectivity index (χ2v) is 7.62. The number of amides is 1. The zero-order valence-electron chi connectivity index (χ0n) is 17.5. The number of piperazine rings is 1. The third-order valence-corrected chi connectivity index (χ3v) is 5.14. The van der Waals surface area contributed by atoms with Crippen LogP contribution in [0.15, 0.2) is 48.8 Å². The largest absolute Gasteiger partial charge is 0.433 e. The van der Waals surface area contributed by atoms with E-state index in [0.29, 0.717) is 25.3 Å². The molecular formula is C22H21F3N6O. The maximum atomic E-state index is 12.9. The maximum absolute atomic E-state index is 12.9. The number of anilines is 3. The van der Waals surface area contributed by atoms with Crippen molar-refractivity contribution in [3.05, 3.63) is 60.0 Å². The molecule has 32 heavy (non-hydrogen) atoms. The molecule has 0 bridgehead atoms. The van der Waals surface area contributed by atoms with Crippen molar-refractivity contribution in [1.82, 2.24) is 19.9 Å². The van der Waals surface area contributed by atoms with E-state index < -0.39 is 11.9 Å². The van der Waals surface area contributed by atoms with Crippen LogP contribution in [0.2, 0.25) is 0 Å². The van der Waals surface area contributed by atoms with Crippen LogP contribution in [0, 0.1) is 6.92 Å². The number of carbonyl (C=O) groups is 1. The summed E-state index contributed by atoms with van der Waals surface area (Å²) in [5.41, 5.74) is 2.14. The van der Waals surface area contributed by atoms with E-state index in [9.17, 15) is 18.0 Å². The van der Waals surface area contributed by atoms with Crippen molar-refractivity contribution in [1.29, 1.82) is 0 Å². The fraction of sp³-hybridized carbons (Fsp3) is 0.273. The summed E-state index contributed by atoms with van der Waals surface area (Å²) in [7, 11) is 1.78. The molecule has 0 radical (unpaired) electrons. The molecule has 4 rings (SSSR count). The van der Waals surface area contributed by atoms with E-state index in [0.717, 1.165) is 34.8 Å². The molecule has 3 heterocycles. The Kier molecular flexibility index (Phi) is 5.68. The number of alkyl halides is 3. The molecule has 2 aromatic heterocycles. The normalized spacial score (nSPS) is 14.6. The van der Waals surface area contributed by atoms with E-state index in [4.69, 9.17) is 0 Å². The van der Waals surface area contributed by atoms with Gasteiger partial charge in [-0.05, 0) is 48.4 Å². The minimum absolute atomic E-state index is 0.0494. The van der Waals surface area contributed by atoms with Gasteiger partial charge in [0.25, 0.3) is 0 Å². The average Bonchev–Trinajstić information content (AvgIpc) is 2.75. The third-order valence-electron chi connectivity index (χ3n) is 5.14. The number of hydrogen-bond donors (Lipinski definition) is 1. The molecule has 3 aromatic rings. The van der Waals surface area contributed by atoms with Crippen molar-refractivity contribution in [3.8, 4) is 11.1 Å². The van der Waals surface area contributed by atoms with Gasteiger partial charge in [0.1, 0.15) is 11.5 Å². The molecular weight excluding hydrogens is 421 g/mol. The van der Waals surface area contributed by atoms with Gasteiger partial charge >= 0.3 is 6.18 Å². The summed E-state index contributed by atoms with van der Waals surface area (Å²) in [4.78, 5) is 27.5. The van der Waals surface area contributed by atoms with E-state index in [-0.39, 0.29) is 11.9 Å². The van der Waals surface area contributed by atoms with Gasteiger partial charge < -0.3 is 15.1 Å². The summed E-state index contributed by atoms with van der Waals surface area (Å²) < 4.78 is 38.7. The second kappa shape index (κ2) is 8.45. The van der Waals surface area contributed by atoms with Gasteiger partial charge in [0.05, 0.1) is 6.54 Å². The summed E-state index contributed by atoms with van der Waals surface area (Å²) >= 11 is 0. The first-order chi connectivity index (χ1) is 15.2. The van der Waals surface area contributed by atoms with Gasteiger partial charge in [-0.1, -0.05) is 6.07 Å². The minimum atomic E-state index is -4.54. The van der Waals surface area contributed by atoms with Gasteiger partial charge in [0.15, 0.2) is 0 Å². The molecule has 1 aromatic carbocycles. The molecule has 1 amide bonds. The highest BCUT2D eigenvalue weighted by Crippen LogP contribution is 2.30. The van der Waals surface area contributed by atoms with E-state index in [1.54, 1.807) is 30.3 Å². The molecule has 0 spiro atoms. The van der Waals surface area contributed by atoms with Gasteiger partial charge in [0, 0.05) is 43.8 Å². The molecule has 0 atom stereocenters. The predicted molar refractivity (Wildman–Crippen MR) is 115 cm³/mol. The van der Waals surface area contributed by atoms with Crippen LogP contribution in [-0.2, 0) is 11.0 Å². The number of rotatable bonds is 4. The topological polar surface area (TPSA) is 74.2 Å². The van der Waals surface area contributed by atoms with Crippen LogP contribution < -0.4 is 10.2 Å². The lowest BCUT2D eigenvalue weighted by molar-refractivity contribution is -0.141. The van der Waals surface area contributed by atoms with Crippen molar-refractivity contribution >= 4 is 23.4 Å². The molecule has 1 N–H and O–H groups in total. The van der Waals surface area contributed by atoms with Gasteiger partial charge in [-0.15, -0.1) is 0 Å². The fourth-order valence-electron chi connectivity index (χ4n) is 3.43. The fourth-order valence-corrected chi connectivity index (χ4v) is 3.43. The van der Waals surface area contributed by atoms with Crippen molar-refractivity contribution in [3.63, 3.8) is 0 Å². The summed E-state index contributed by atoms with van der Waals surface area (Å²) in [5.74, 6) is 0.636. The number of likely N-dealkylation sites (N-methyl/N-ethyl adjacent to an activating group) is 1. The van der Waals surface area contributed by atoms with Crippen LogP contribution in [0.4, 0.5) is 30.6 Å². The number of halogens is 3. The minimum Gasteiger partial charge on any atom is -0.346 e. The van der Waals surface area contributed by atoms with Gasteiger partial charge in [-0.25, -0.2) is 15.0 Å². The summed E-state index contributed by atoms with van der Waals surface area (Å²) in [6.07, 6.45) is -1.75. The van der Waals surface area contributed by atoms with Crippen molar-refractivity contribution in [2.45, 2.75) is 13.1 Å². The number of nitrogens with one attached hydrogen (secondary N) is 1. The van der Waals surface area contributed by atoms with Crippen LogP contribution in [0.25, 0.3) is 11.1 Å². The van der Waals surface area contributed by atoms with Gasteiger partial charge in [-0.3, -0.25) is 4.79 Å². The van der Waals surface area contributed by atoms with E-state index in [1.807, 2.05) is 30.0 Å². The monoisotopic (exact) mass is 442 g/mol. The van der Waals surface area contributed by atoms with Crippen molar-refractivity contribution in [2.75, 3.05) is 36.9 Å². The molecule has 7 nitrogen and oxygen atoms in total. The second-order valence-electron chi connectivity index (χ2n) is 7.62. The van der Waals surface area contributed by atoms with Crippen LogP contribution in [0.3, 0.4) is 0 Å². The predicted octanol–water partition coefficient (Wildman–Crippen LogP) is 3.89. The number of nitrogens with zero attached hydrogens (tertiary/aromatic N) is 5. The van der Waals surface area contributed by atoms with E-state index in [2.05, 4.69) is 20.3 Å². The summed E-state index contributed by atoms with van der Waals surface area (Å²) in [6, 6.07) is 10.1. The Balaban J connectivity index is 1.55. The maximum Gasteiger partial charge on any atom is 0.433 e. The summed E-state index contributed by atoms with van der Waals surface area (Å²) in [6.45, 7) is 3.54. The molecule has 1 aliphatic rings. The Bertz CT molecular complexity index is 1130. The first kappa shape index (κ1) is 21.5. The number of hydrogen-bond acceptors (Lipinski definition) is 6. The zero-order chi connectivity index (χ0) is 22.9. The number of pyridine rings is 1. The van der Waals surface area contributed by atoms with Crippen LogP contribution in [-0.4, -0.2) is 52.4 Å². The van der Waals surface area contributed by atoms with Gasteiger partial charge in [-0.2, -0.15) is 13.2 Å². The highest BCUT2D eigenvalue weighted by molar-refractivity contribution is 5.82. The molecule has 0 saturated carbocycles. The van der Waals surface area contributed by atoms with E-state index >= 15 is 0 Å². The lowest BCUT2D eigenvalue weighted by Gasteiger charge is -2.32. The SMILES string of the molecule is Cc1cc(Nc2nccc(C(F)(F)F)n2)cc(-c2ccc(N3CCN(C)C(=O)C3)nc2)c1. The van der Waals surface area contributed by atoms with Crippen LogP contribution in [0.1, 0.15) is 11.3 Å². The average molecular weight is 442 g/mol. The van der Waals surface area contributed by atoms with Gasteiger partial charge in [0.2, 0.25) is 11.9 Å². The molecule has 1 saturated heterocycles. The standard InChI is InChI=1S/C22H21F3N6O/c1-14-9-16(11-17(10-14)28-21-26-6-5-18(29-21)22(23,24)25)15-3-4-19(27-12-15)31-8-7-30(2)20(32)13-31/h3-6,9-12H,7-8,13H2,1-2H3,(H,26,28,29). The smallest absolute Gasteiger partial charge is 0.346 e. The Morgan fingerprint density at radius 1 is 1.03 bits per heavy atom. The number of aromatic nitrogens is 3. The Morgan fingerprint density at radius 2 is 1.84 bits per heavy atom. The quantitative estimate of drug-likeness (QED) is 0.661. The molecule has 0 unspecified atom stereocenters. The van der Waals surface area contributed by atoms with E-state index in [1.165, 1.54) is 0 Å². The zero-order valence-corrected chi connectivity index (χ0v) is 17.5. The Hall–Kier alpha value is -3.69. The molecule has 0 aliphatic carbocycles. The number of benzene rings is 1. The van der Waals surface area contributed by atoms with Crippen LogP contribution in [0.5, 0.6) is 0 Å². The Morgan fingerprint density at radius 3 is 2.53 bits per heavy atom. The van der Waals surface area contributed by atoms with Crippen LogP contribution >= 0.6 is 0 Å². The first-order valence-corrected chi connectivity index (χ1v) is 9.93. The highest BCUT2D eigenvalue weighted by Gasteiger charge is 2.32. The molecule has 166 valence electrons. The molecule has 1 aliphatic heterocycles. The van der Waals surface area contributed by atoms with Crippen molar-refractivity contribution in [2.24, 2.45) is 0 Å². The van der Waals surface area contributed by atoms with Crippen molar-refractivity contribution < 1.29 is 18.0 Å². The number of aryl methyl sites for hydroxylation is 1. The Labute approximate surface area is 182 Å². The third kappa shape index (κ3) is 4.79. The highest BCUT2D eigenvalue weighted by atomic mass is 19.4. The lowest BCUT2D eigenvalue weighted by atomic mass is 10.0. The number of carbonyl (C=O) groups excluding carboxylic acids is 1. The first-order valence-electron chi connectivity index (χ1n) is 9.93. The summed E-state index contributed by atoms with van der Waals surface area (Å²) in [5, 5.41) is 2.85. The molecule has 1 fully saturated rings. The molecule has 10 heteroatoms. The lowest BCUT2D eigenvalue weighted by Crippen LogP contribution is -2.48.